The summed E-state index contributed by atoms with van der Waals surface area (Å²) in [5, 5.41) is 4.12. The molecule has 27 heavy (non-hydrogen) atoms. The predicted molar refractivity (Wildman–Crippen MR) is 106 cm³/mol. The second-order valence-electron chi connectivity index (χ2n) is 7.39. The molecule has 3 aromatic rings. The van der Waals surface area contributed by atoms with Gasteiger partial charge in [0.05, 0.1) is 5.52 Å². The van der Waals surface area contributed by atoms with Gasteiger partial charge in [-0.2, -0.15) is 0 Å². The maximum Gasteiger partial charge on any atom is 0.224 e. The van der Waals surface area contributed by atoms with Crippen LogP contribution < -0.4 is 5.32 Å². The number of fused-ring (bicyclic) bond motifs is 1. The molecule has 4 heteroatoms. The Kier molecular flexibility index (Phi) is 5.14. The van der Waals surface area contributed by atoms with Gasteiger partial charge in [0.25, 0.3) is 0 Å². The molecule has 1 aliphatic carbocycles. The third-order valence-electron chi connectivity index (χ3n) is 5.57. The number of amides is 1. The fraction of sp³-hybridized carbons (Fsp3) is 0.304. The highest BCUT2D eigenvalue weighted by atomic mass is 19.1. The number of para-hydroxylation sites is 1. The summed E-state index contributed by atoms with van der Waals surface area (Å²) in [6, 6.07) is 16.4. The Bertz CT molecular complexity index is 925. The molecular weight excluding hydrogens is 339 g/mol. The van der Waals surface area contributed by atoms with Crippen molar-refractivity contribution in [3.63, 3.8) is 0 Å². The smallest absolute Gasteiger partial charge is 0.224 e. The van der Waals surface area contributed by atoms with E-state index in [1.807, 2.05) is 12.3 Å². The van der Waals surface area contributed by atoms with Crippen LogP contribution in [0.15, 0.2) is 60.8 Å². The zero-order valence-electron chi connectivity index (χ0n) is 15.2. The van der Waals surface area contributed by atoms with E-state index in [2.05, 4.69) is 34.6 Å². The summed E-state index contributed by atoms with van der Waals surface area (Å²) in [4.78, 5) is 16.7. The van der Waals surface area contributed by atoms with Crippen LogP contribution in [0, 0.1) is 11.7 Å². The van der Waals surface area contributed by atoms with E-state index in [4.69, 9.17) is 0 Å². The van der Waals surface area contributed by atoms with Crippen molar-refractivity contribution >= 4 is 22.5 Å². The van der Waals surface area contributed by atoms with Gasteiger partial charge in [-0.1, -0.05) is 18.2 Å². The predicted octanol–water partition coefficient (Wildman–Crippen LogP) is 5.68. The van der Waals surface area contributed by atoms with Crippen LogP contribution in [0.5, 0.6) is 0 Å². The number of pyridine rings is 1. The number of nitrogens with zero attached hydrogens (tertiary/aromatic N) is 1. The summed E-state index contributed by atoms with van der Waals surface area (Å²) < 4.78 is 13.0. The van der Waals surface area contributed by atoms with E-state index < -0.39 is 0 Å². The second kappa shape index (κ2) is 7.87. The molecule has 0 bridgehead atoms. The highest BCUT2D eigenvalue weighted by Gasteiger charge is 2.25. The minimum absolute atomic E-state index is 0.0134. The quantitative estimate of drug-likeness (QED) is 0.649. The van der Waals surface area contributed by atoms with E-state index in [1.165, 1.54) is 23.1 Å². The lowest BCUT2D eigenvalue weighted by atomic mass is 9.77. The van der Waals surface area contributed by atoms with Gasteiger partial charge in [0.15, 0.2) is 0 Å². The molecule has 0 spiro atoms. The van der Waals surface area contributed by atoms with Crippen LogP contribution in [-0.2, 0) is 4.79 Å². The lowest BCUT2D eigenvalue weighted by Crippen LogP contribution is -2.20. The van der Waals surface area contributed by atoms with E-state index >= 15 is 0 Å². The number of halogens is 1. The minimum Gasteiger partial charge on any atom is -0.326 e. The first kappa shape index (κ1) is 17.7. The Morgan fingerprint density at radius 2 is 1.74 bits per heavy atom. The summed E-state index contributed by atoms with van der Waals surface area (Å²) in [5.41, 5.74) is 3.09. The molecule has 0 atom stereocenters. The van der Waals surface area contributed by atoms with Gasteiger partial charge in [0.2, 0.25) is 5.91 Å². The molecule has 0 unspecified atom stereocenters. The van der Waals surface area contributed by atoms with Gasteiger partial charge in [0.1, 0.15) is 5.82 Å². The SMILES string of the molecule is O=C(CC1CCC(c2ccnc3ccccc23)CC1)Nc1ccc(F)cc1. The van der Waals surface area contributed by atoms with E-state index in [-0.39, 0.29) is 11.7 Å². The van der Waals surface area contributed by atoms with E-state index in [0.717, 1.165) is 31.2 Å². The molecule has 4 rings (SSSR count). The molecule has 0 saturated heterocycles. The zero-order valence-corrected chi connectivity index (χ0v) is 15.2. The van der Waals surface area contributed by atoms with Gasteiger partial charge >= 0.3 is 0 Å². The summed E-state index contributed by atoms with van der Waals surface area (Å²) >= 11 is 0. The number of rotatable bonds is 4. The number of nitrogens with one attached hydrogen (secondary N) is 1. The lowest BCUT2D eigenvalue weighted by Gasteiger charge is -2.29. The number of benzene rings is 2. The van der Waals surface area contributed by atoms with Crippen LogP contribution >= 0.6 is 0 Å². The molecule has 0 aliphatic heterocycles. The van der Waals surface area contributed by atoms with E-state index in [1.54, 1.807) is 12.1 Å². The molecule has 1 heterocycles. The van der Waals surface area contributed by atoms with Crippen LogP contribution in [0.2, 0.25) is 0 Å². The third-order valence-corrected chi connectivity index (χ3v) is 5.57. The first-order valence-electron chi connectivity index (χ1n) is 9.58. The van der Waals surface area contributed by atoms with Crippen LogP contribution in [-0.4, -0.2) is 10.9 Å². The van der Waals surface area contributed by atoms with Crippen LogP contribution in [0.3, 0.4) is 0 Å². The monoisotopic (exact) mass is 362 g/mol. The van der Waals surface area contributed by atoms with Crippen molar-refractivity contribution in [2.45, 2.75) is 38.0 Å². The number of carbonyl (C=O) groups is 1. The van der Waals surface area contributed by atoms with Crippen molar-refractivity contribution in [2.24, 2.45) is 5.92 Å². The van der Waals surface area contributed by atoms with Crippen molar-refractivity contribution < 1.29 is 9.18 Å². The Morgan fingerprint density at radius 3 is 2.52 bits per heavy atom. The Morgan fingerprint density at radius 1 is 1.00 bits per heavy atom. The molecule has 1 fully saturated rings. The zero-order chi connectivity index (χ0) is 18.6. The molecule has 1 saturated carbocycles. The van der Waals surface area contributed by atoms with Crippen LogP contribution in [0.25, 0.3) is 10.9 Å². The van der Waals surface area contributed by atoms with Gasteiger partial charge in [-0.25, -0.2) is 4.39 Å². The molecular formula is C23H23FN2O. The number of anilines is 1. The maximum atomic E-state index is 13.0. The van der Waals surface area contributed by atoms with Gasteiger partial charge < -0.3 is 5.32 Å². The topological polar surface area (TPSA) is 42.0 Å². The van der Waals surface area contributed by atoms with Crippen molar-refractivity contribution in [1.29, 1.82) is 0 Å². The number of hydrogen-bond donors (Lipinski definition) is 1. The fourth-order valence-corrected chi connectivity index (χ4v) is 4.16. The first-order chi connectivity index (χ1) is 13.2. The molecule has 1 amide bonds. The summed E-state index contributed by atoms with van der Waals surface area (Å²) in [6.07, 6.45) is 6.74. The van der Waals surface area contributed by atoms with E-state index in [9.17, 15) is 9.18 Å². The molecule has 138 valence electrons. The molecule has 1 aliphatic rings. The highest BCUT2D eigenvalue weighted by Crippen LogP contribution is 2.39. The maximum absolute atomic E-state index is 13.0. The van der Waals surface area contributed by atoms with Gasteiger partial charge in [-0.3, -0.25) is 9.78 Å². The Hall–Kier alpha value is -2.75. The standard InChI is InChI=1S/C23H23FN2O/c24-18-9-11-19(12-10-18)26-23(27)15-16-5-7-17(8-6-16)20-13-14-25-22-4-2-1-3-21(20)22/h1-4,9-14,16-17H,5-8,15H2,(H,26,27). The summed E-state index contributed by atoms with van der Waals surface area (Å²) in [7, 11) is 0. The molecule has 1 aromatic heterocycles. The van der Waals surface area contributed by atoms with Crippen molar-refractivity contribution in [3.8, 4) is 0 Å². The largest absolute Gasteiger partial charge is 0.326 e. The molecule has 2 aromatic carbocycles. The third kappa shape index (κ3) is 4.16. The highest BCUT2D eigenvalue weighted by molar-refractivity contribution is 5.90. The number of aromatic nitrogens is 1. The van der Waals surface area contributed by atoms with Crippen molar-refractivity contribution in [2.75, 3.05) is 5.32 Å². The minimum atomic E-state index is -0.296. The van der Waals surface area contributed by atoms with Crippen LogP contribution in [0.4, 0.5) is 10.1 Å². The molecule has 0 radical (unpaired) electrons. The summed E-state index contributed by atoms with van der Waals surface area (Å²) in [6.45, 7) is 0. The first-order valence-corrected chi connectivity index (χ1v) is 9.58. The van der Waals surface area contributed by atoms with Crippen molar-refractivity contribution in [3.05, 3.63) is 72.2 Å². The number of carbonyl (C=O) groups excluding carboxylic acids is 1. The normalized spacial score (nSPS) is 19.7. The molecule has 3 nitrogen and oxygen atoms in total. The van der Waals surface area contributed by atoms with Crippen LogP contribution in [0.1, 0.15) is 43.6 Å². The van der Waals surface area contributed by atoms with Gasteiger partial charge in [0, 0.05) is 23.7 Å². The Balaban J connectivity index is 1.34. The lowest BCUT2D eigenvalue weighted by molar-refractivity contribution is -0.117. The summed E-state index contributed by atoms with van der Waals surface area (Å²) in [5.74, 6) is 0.665. The van der Waals surface area contributed by atoms with Crippen molar-refractivity contribution in [1.82, 2.24) is 4.98 Å². The average Bonchev–Trinajstić information content (AvgIpc) is 2.70. The number of hydrogen-bond acceptors (Lipinski definition) is 2. The molecule has 1 N–H and O–H groups in total. The van der Waals surface area contributed by atoms with E-state index in [0.29, 0.717) is 23.9 Å². The second-order valence-corrected chi connectivity index (χ2v) is 7.39. The fourth-order valence-electron chi connectivity index (χ4n) is 4.16. The Labute approximate surface area is 158 Å². The van der Waals surface area contributed by atoms with Gasteiger partial charge in [-0.15, -0.1) is 0 Å². The average molecular weight is 362 g/mol. The van der Waals surface area contributed by atoms with Gasteiger partial charge in [-0.05, 0) is 79.5 Å².